The zero-order chi connectivity index (χ0) is 16.9. The lowest BCUT2D eigenvalue weighted by Crippen LogP contribution is -2.41. The van der Waals surface area contributed by atoms with Gasteiger partial charge in [0, 0.05) is 13.1 Å². The minimum atomic E-state index is -0.271. The minimum absolute atomic E-state index is 0.0395. The Labute approximate surface area is 144 Å². The quantitative estimate of drug-likeness (QED) is 0.820. The van der Waals surface area contributed by atoms with Crippen molar-refractivity contribution >= 4 is 17.7 Å². The molecule has 3 rings (SSSR count). The van der Waals surface area contributed by atoms with Crippen molar-refractivity contribution in [1.82, 2.24) is 19.7 Å². The Kier molecular flexibility index (Phi) is 5.37. The highest BCUT2D eigenvalue weighted by molar-refractivity contribution is 7.99. The molecule has 1 aromatic heterocycles. The minimum Gasteiger partial charge on any atom is -0.378 e. The molecule has 1 fully saturated rings. The second-order valence-corrected chi connectivity index (χ2v) is 6.49. The zero-order valence-electron chi connectivity index (χ0n) is 13.5. The lowest BCUT2D eigenvalue weighted by Gasteiger charge is -2.26. The highest BCUT2D eigenvalue weighted by Crippen LogP contribution is 2.22. The first-order valence-electron chi connectivity index (χ1n) is 7.87. The third kappa shape index (κ3) is 3.70. The van der Waals surface area contributed by atoms with E-state index in [9.17, 15) is 9.59 Å². The number of H-pyrrole nitrogens is 1. The number of rotatable bonds is 5. The summed E-state index contributed by atoms with van der Waals surface area (Å²) in [6, 6.07) is 9.59. The van der Waals surface area contributed by atoms with Gasteiger partial charge < -0.3 is 9.64 Å². The van der Waals surface area contributed by atoms with Crippen LogP contribution in [0.5, 0.6) is 0 Å². The van der Waals surface area contributed by atoms with Gasteiger partial charge in [-0.3, -0.25) is 9.36 Å². The van der Waals surface area contributed by atoms with E-state index in [0.717, 1.165) is 5.56 Å². The van der Waals surface area contributed by atoms with Crippen LogP contribution in [0, 0.1) is 0 Å². The van der Waals surface area contributed by atoms with Crippen LogP contribution in [-0.4, -0.2) is 57.6 Å². The van der Waals surface area contributed by atoms with Gasteiger partial charge in [-0.1, -0.05) is 42.1 Å². The number of nitrogens with one attached hydrogen (secondary N) is 1. The molecule has 7 nitrogen and oxygen atoms in total. The number of carbonyl (C=O) groups excluding carboxylic acids is 1. The molecular formula is C16H20N4O3S. The fraction of sp³-hybridized carbons (Fsp3) is 0.438. The Hall–Kier alpha value is -2.06. The van der Waals surface area contributed by atoms with E-state index in [-0.39, 0.29) is 23.4 Å². The first kappa shape index (κ1) is 16.8. The van der Waals surface area contributed by atoms with Gasteiger partial charge in [0.15, 0.2) is 5.16 Å². The Bertz CT molecular complexity index is 737. The standard InChI is InChI=1S/C16H20N4O3S/c1-12(13-5-3-2-4-6-13)20-15(22)17-18-16(20)24-11-14(21)19-7-9-23-10-8-19/h2-6,12H,7-11H2,1H3,(H,17,22)/t12-/m1/s1. The Morgan fingerprint density at radius 1 is 1.33 bits per heavy atom. The van der Waals surface area contributed by atoms with Gasteiger partial charge in [-0.25, -0.2) is 9.89 Å². The van der Waals surface area contributed by atoms with Crippen LogP contribution in [-0.2, 0) is 9.53 Å². The summed E-state index contributed by atoms with van der Waals surface area (Å²) in [5.41, 5.74) is 0.745. The smallest absolute Gasteiger partial charge is 0.344 e. The van der Waals surface area contributed by atoms with Gasteiger partial charge in [-0.15, -0.1) is 5.10 Å². The summed E-state index contributed by atoms with van der Waals surface area (Å²) in [7, 11) is 0. The van der Waals surface area contributed by atoms with Crippen LogP contribution in [0.15, 0.2) is 40.3 Å². The molecule has 0 radical (unpaired) electrons. The van der Waals surface area contributed by atoms with Gasteiger partial charge in [0.2, 0.25) is 5.91 Å². The van der Waals surface area contributed by atoms with Crippen LogP contribution >= 0.6 is 11.8 Å². The molecule has 2 aromatic rings. The molecule has 1 N–H and O–H groups in total. The van der Waals surface area contributed by atoms with Crippen molar-refractivity contribution in [3.8, 4) is 0 Å². The van der Waals surface area contributed by atoms with Crippen molar-refractivity contribution in [1.29, 1.82) is 0 Å². The lowest BCUT2D eigenvalue weighted by atomic mass is 10.1. The second kappa shape index (κ2) is 7.67. The first-order chi connectivity index (χ1) is 11.7. The zero-order valence-corrected chi connectivity index (χ0v) is 14.3. The number of aromatic nitrogens is 3. The van der Waals surface area contributed by atoms with Gasteiger partial charge in [0.05, 0.1) is 25.0 Å². The van der Waals surface area contributed by atoms with E-state index in [0.29, 0.717) is 31.5 Å². The van der Waals surface area contributed by atoms with Gasteiger partial charge in [0.25, 0.3) is 0 Å². The predicted octanol–water partition coefficient (Wildman–Crippen LogP) is 1.13. The van der Waals surface area contributed by atoms with E-state index >= 15 is 0 Å². The molecule has 8 heteroatoms. The molecule has 24 heavy (non-hydrogen) atoms. The van der Waals surface area contributed by atoms with Crippen molar-refractivity contribution in [2.24, 2.45) is 0 Å². The van der Waals surface area contributed by atoms with Crippen molar-refractivity contribution in [3.05, 3.63) is 46.4 Å². The van der Waals surface area contributed by atoms with Crippen molar-refractivity contribution in [2.45, 2.75) is 18.1 Å². The summed E-state index contributed by atoms with van der Waals surface area (Å²) in [5, 5.41) is 7.08. The van der Waals surface area contributed by atoms with Gasteiger partial charge in [-0.2, -0.15) is 0 Å². The Balaban J connectivity index is 1.71. The fourth-order valence-corrected chi connectivity index (χ4v) is 3.57. The molecule has 0 saturated carbocycles. The van der Waals surface area contributed by atoms with E-state index in [1.54, 1.807) is 9.47 Å². The summed E-state index contributed by atoms with van der Waals surface area (Å²) < 4.78 is 6.84. The number of nitrogens with zero attached hydrogens (tertiary/aromatic N) is 3. The van der Waals surface area contributed by atoms with Crippen molar-refractivity contribution < 1.29 is 9.53 Å². The largest absolute Gasteiger partial charge is 0.378 e. The molecule has 1 atom stereocenters. The number of hydrogen-bond donors (Lipinski definition) is 1. The van der Waals surface area contributed by atoms with Gasteiger partial charge >= 0.3 is 5.69 Å². The third-order valence-electron chi connectivity index (χ3n) is 4.03. The molecule has 1 amide bonds. The van der Waals surface area contributed by atoms with Crippen LogP contribution in [0.4, 0.5) is 0 Å². The predicted molar refractivity (Wildman–Crippen MR) is 91.2 cm³/mol. The summed E-state index contributed by atoms with van der Waals surface area (Å²) in [5.74, 6) is 0.295. The molecule has 2 heterocycles. The highest BCUT2D eigenvalue weighted by atomic mass is 32.2. The van der Waals surface area contributed by atoms with E-state index in [2.05, 4.69) is 10.2 Å². The molecule has 1 saturated heterocycles. The monoisotopic (exact) mass is 348 g/mol. The summed E-state index contributed by atoms with van der Waals surface area (Å²) >= 11 is 1.28. The van der Waals surface area contributed by atoms with Gasteiger partial charge in [-0.05, 0) is 12.5 Å². The van der Waals surface area contributed by atoms with E-state index in [1.165, 1.54) is 11.8 Å². The molecule has 1 aromatic carbocycles. The number of morpholine rings is 1. The highest BCUT2D eigenvalue weighted by Gasteiger charge is 2.20. The van der Waals surface area contributed by atoms with Crippen LogP contribution in [0.2, 0.25) is 0 Å². The SMILES string of the molecule is C[C@H](c1ccccc1)n1c(SCC(=O)N2CCOCC2)n[nH]c1=O. The van der Waals surface area contributed by atoms with Crippen LogP contribution in [0.3, 0.4) is 0 Å². The summed E-state index contributed by atoms with van der Waals surface area (Å²) in [6.07, 6.45) is 0. The maximum absolute atomic E-state index is 12.3. The summed E-state index contributed by atoms with van der Waals surface area (Å²) in [6.45, 7) is 4.34. The maximum Gasteiger partial charge on any atom is 0.344 e. The third-order valence-corrected chi connectivity index (χ3v) is 4.97. The lowest BCUT2D eigenvalue weighted by molar-refractivity contribution is -0.132. The molecule has 128 valence electrons. The fourth-order valence-electron chi connectivity index (χ4n) is 2.64. The van der Waals surface area contributed by atoms with Crippen molar-refractivity contribution in [3.63, 3.8) is 0 Å². The first-order valence-corrected chi connectivity index (χ1v) is 8.85. The van der Waals surface area contributed by atoms with Gasteiger partial charge in [0.1, 0.15) is 0 Å². The molecule has 0 bridgehead atoms. The van der Waals surface area contributed by atoms with Crippen LogP contribution in [0.1, 0.15) is 18.5 Å². The second-order valence-electron chi connectivity index (χ2n) is 5.55. The normalized spacial score (nSPS) is 16.1. The average Bonchev–Trinajstić information content (AvgIpc) is 3.01. The maximum atomic E-state index is 12.3. The number of carbonyl (C=O) groups is 1. The van der Waals surface area contributed by atoms with Crippen molar-refractivity contribution in [2.75, 3.05) is 32.1 Å². The molecule has 0 spiro atoms. The van der Waals surface area contributed by atoms with E-state index < -0.39 is 0 Å². The number of ether oxygens (including phenoxy) is 1. The molecule has 0 unspecified atom stereocenters. The van der Waals surface area contributed by atoms with Crippen LogP contribution < -0.4 is 5.69 Å². The number of hydrogen-bond acceptors (Lipinski definition) is 5. The molecule has 1 aliphatic rings. The number of benzene rings is 1. The molecule has 1 aliphatic heterocycles. The average molecular weight is 348 g/mol. The Morgan fingerprint density at radius 2 is 2.04 bits per heavy atom. The number of thioether (sulfide) groups is 1. The van der Waals surface area contributed by atoms with Crippen LogP contribution in [0.25, 0.3) is 0 Å². The number of amides is 1. The molecule has 0 aliphatic carbocycles. The molecular weight excluding hydrogens is 328 g/mol. The Morgan fingerprint density at radius 3 is 2.75 bits per heavy atom. The summed E-state index contributed by atoms with van der Waals surface area (Å²) in [4.78, 5) is 26.2. The van der Waals surface area contributed by atoms with E-state index in [1.807, 2.05) is 37.3 Å². The topological polar surface area (TPSA) is 80.2 Å². The van der Waals surface area contributed by atoms with E-state index in [4.69, 9.17) is 4.74 Å². The number of aromatic amines is 1.